The van der Waals surface area contributed by atoms with Crippen LogP contribution in [0.4, 0.5) is 0 Å². The number of hydrogen-bond acceptors (Lipinski definition) is 5. The van der Waals surface area contributed by atoms with Gasteiger partial charge in [-0.2, -0.15) is 0 Å². The highest BCUT2D eigenvalue weighted by Gasteiger charge is 2.13. The summed E-state index contributed by atoms with van der Waals surface area (Å²) in [4.78, 5) is 17.2. The number of ether oxygens (including phenoxy) is 2. The summed E-state index contributed by atoms with van der Waals surface area (Å²) >= 11 is 0. The summed E-state index contributed by atoms with van der Waals surface area (Å²) in [7, 11) is 0. The van der Waals surface area contributed by atoms with E-state index in [1.54, 1.807) is 49.4 Å². The summed E-state index contributed by atoms with van der Waals surface area (Å²) in [6.45, 7) is 1.92. The van der Waals surface area contributed by atoms with Crippen LogP contribution in [0.3, 0.4) is 0 Å². The first-order valence-corrected chi connectivity index (χ1v) is 9.70. The van der Waals surface area contributed by atoms with Crippen molar-refractivity contribution in [3.05, 3.63) is 95.0 Å². The van der Waals surface area contributed by atoms with Crippen LogP contribution in [0.2, 0.25) is 0 Å². The fourth-order valence-corrected chi connectivity index (χ4v) is 3.18. The van der Waals surface area contributed by atoms with Gasteiger partial charge in [-0.15, -0.1) is 0 Å². The van der Waals surface area contributed by atoms with Gasteiger partial charge >= 0.3 is 0 Å². The number of fused-ring (bicyclic) bond motifs is 1. The molecule has 1 atom stereocenters. The number of aliphatic hydroxyl groups excluding tert-OH is 1. The Morgan fingerprint density at radius 1 is 0.900 bits per heavy atom. The predicted molar refractivity (Wildman–Crippen MR) is 115 cm³/mol. The second-order valence-corrected chi connectivity index (χ2v) is 6.94. The van der Waals surface area contributed by atoms with Gasteiger partial charge in [0, 0.05) is 0 Å². The summed E-state index contributed by atoms with van der Waals surface area (Å²) in [5.41, 5.74) is 0.486. The summed E-state index contributed by atoms with van der Waals surface area (Å²) in [6.07, 6.45) is -0.857. The molecule has 0 saturated carbocycles. The van der Waals surface area contributed by atoms with Crippen LogP contribution >= 0.6 is 0 Å². The first-order chi connectivity index (χ1) is 14.6. The van der Waals surface area contributed by atoms with Gasteiger partial charge in [-0.05, 0) is 55.5 Å². The third-order valence-corrected chi connectivity index (χ3v) is 4.69. The van der Waals surface area contributed by atoms with Gasteiger partial charge < -0.3 is 14.6 Å². The molecule has 1 heterocycles. The molecule has 0 bridgehead atoms. The molecule has 0 saturated heterocycles. The maximum atomic E-state index is 12.7. The minimum atomic E-state index is -0.857. The zero-order chi connectivity index (χ0) is 20.9. The monoisotopic (exact) mass is 402 g/mol. The van der Waals surface area contributed by atoms with Crippen LogP contribution < -0.4 is 15.0 Å². The zero-order valence-corrected chi connectivity index (χ0v) is 16.6. The lowest BCUT2D eigenvalue weighted by Gasteiger charge is -2.16. The van der Waals surface area contributed by atoms with Crippen LogP contribution in [0.1, 0.15) is 5.82 Å². The quantitative estimate of drug-likeness (QED) is 0.507. The van der Waals surface area contributed by atoms with Crippen molar-refractivity contribution in [3.8, 4) is 17.2 Å². The van der Waals surface area contributed by atoms with Gasteiger partial charge in [0.05, 0.1) is 17.4 Å². The Bertz CT molecular complexity index is 1190. The second-order valence-electron chi connectivity index (χ2n) is 6.94. The van der Waals surface area contributed by atoms with Crippen molar-refractivity contribution in [2.45, 2.75) is 19.6 Å². The number of rotatable bonds is 7. The molecule has 6 heteroatoms. The van der Waals surface area contributed by atoms with E-state index in [1.807, 2.05) is 36.4 Å². The first-order valence-electron chi connectivity index (χ1n) is 9.70. The van der Waals surface area contributed by atoms with E-state index >= 15 is 0 Å². The first kappa shape index (κ1) is 19.7. The number of benzene rings is 3. The average molecular weight is 402 g/mol. The molecule has 1 aromatic heterocycles. The molecule has 4 aromatic rings. The molecule has 0 spiro atoms. The van der Waals surface area contributed by atoms with E-state index in [1.165, 1.54) is 4.57 Å². The third-order valence-electron chi connectivity index (χ3n) is 4.69. The Labute approximate surface area is 174 Å². The van der Waals surface area contributed by atoms with E-state index in [0.29, 0.717) is 28.2 Å². The van der Waals surface area contributed by atoms with Crippen molar-refractivity contribution < 1.29 is 14.6 Å². The van der Waals surface area contributed by atoms with Gasteiger partial charge in [-0.1, -0.05) is 30.3 Å². The lowest BCUT2D eigenvalue weighted by atomic mass is 10.2. The van der Waals surface area contributed by atoms with Crippen molar-refractivity contribution in [1.82, 2.24) is 9.55 Å². The number of aryl methyl sites for hydroxylation is 1. The average Bonchev–Trinajstić information content (AvgIpc) is 2.77. The molecular formula is C24H22N2O4. The maximum Gasteiger partial charge on any atom is 0.261 e. The summed E-state index contributed by atoms with van der Waals surface area (Å²) in [6, 6.07) is 23.9. The molecule has 152 valence electrons. The highest BCUT2D eigenvalue weighted by atomic mass is 16.5. The smallest absolute Gasteiger partial charge is 0.261 e. The largest absolute Gasteiger partial charge is 0.491 e. The van der Waals surface area contributed by atoms with Crippen molar-refractivity contribution in [2.24, 2.45) is 0 Å². The molecule has 30 heavy (non-hydrogen) atoms. The Morgan fingerprint density at radius 3 is 2.30 bits per heavy atom. The van der Waals surface area contributed by atoms with Gasteiger partial charge in [-0.25, -0.2) is 4.98 Å². The summed E-state index contributed by atoms with van der Waals surface area (Å²) in [5, 5.41) is 10.9. The third kappa shape index (κ3) is 4.50. The van der Waals surface area contributed by atoms with Crippen LogP contribution in [0, 0.1) is 6.92 Å². The van der Waals surface area contributed by atoms with Crippen molar-refractivity contribution in [1.29, 1.82) is 0 Å². The molecule has 4 rings (SSSR count). The molecule has 0 fully saturated rings. The molecule has 6 nitrogen and oxygen atoms in total. The van der Waals surface area contributed by atoms with Crippen molar-refractivity contribution >= 4 is 10.9 Å². The van der Waals surface area contributed by atoms with E-state index in [-0.39, 0.29) is 18.7 Å². The topological polar surface area (TPSA) is 73.6 Å². The molecule has 1 N–H and O–H groups in total. The molecule has 0 radical (unpaired) electrons. The molecule has 0 amide bonds. The Kier molecular flexibility index (Phi) is 5.77. The van der Waals surface area contributed by atoms with Crippen molar-refractivity contribution in [2.75, 3.05) is 6.61 Å². The van der Waals surface area contributed by atoms with E-state index < -0.39 is 6.10 Å². The second kappa shape index (κ2) is 8.80. The lowest BCUT2D eigenvalue weighted by Crippen LogP contribution is -2.32. The SMILES string of the molecule is Cc1nc2ccccc2c(=O)n1C[C@@H](O)COc1ccc(Oc2ccccc2)cc1. The number of para-hydroxylation sites is 2. The standard InChI is InChI=1S/C24H22N2O4/c1-17-25-23-10-6-5-9-22(23)24(28)26(17)15-18(27)16-29-19-11-13-21(14-12-19)30-20-7-3-2-4-8-20/h2-14,18,27H,15-16H2,1H3/t18-/m1/s1. The van der Waals surface area contributed by atoms with Crippen molar-refractivity contribution in [3.63, 3.8) is 0 Å². The van der Waals surface area contributed by atoms with Crippen LogP contribution in [-0.2, 0) is 6.54 Å². The van der Waals surface area contributed by atoms with Gasteiger partial charge in [0.15, 0.2) is 0 Å². The summed E-state index contributed by atoms with van der Waals surface area (Å²) < 4.78 is 12.9. The Hall–Kier alpha value is -3.64. The number of nitrogens with zero attached hydrogens (tertiary/aromatic N) is 2. The lowest BCUT2D eigenvalue weighted by molar-refractivity contribution is 0.0909. The fourth-order valence-electron chi connectivity index (χ4n) is 3.18. The van der Waals surface area contributed by atoms with E-state index in [9.17, 15) is 9.90 Å². The highest BCUT2D eigenvalue weighted by Crippen LogP contribution is 2.23. The Balaban J connectivity index is 1.38. The zero-order valence-electron chi connectivity index (χ0n) is 16.6. The van der Waals surface area contributed by atoms with E-state index in [2.05, 4.69) is 4.98 Å². The number of aliphatic hydroxyl groups is 1. The maximum absolute atomic E-state index is 12.7. The van der Waals surface area contributed by atoms with Crippen LogP contribution in [0.5, 0.6) is 17.2 Å². The molecular weight excluding hydrogens is 380 g/mol. The minimum absolute atomic E-state index is 0.0532. The number of aromatic nitrogens is 2. The molecule has 0 aliphatic rings. The molecule has 0 aliphatic heterocycles. The molecule has 0 aliphatic carbocycles. The highest BCUT2D eigenvalue weighted by molar-refractivity contribution is 5.77. The molecule has 3 aromatic carbocycles. The van der Waals surface area contributed by atoms with Gasteiger partial charge in [0.1, 0.15) is 35.8 Å². The van der Waals surface area contributed by atoms with Gasteiger partial charge in [0.2, 0.25) is 0 Å². The normalized spacial score (nSPS) is 11.9. The van der Waals surface area contributed by atoms with Crippen LogP contribution in [0.25, 0.3) is 10.9 Å². The fraction of sp³-hybridized carbons (Fsp3) is 0.167. The predicted octanol–water partition coefficient (Wildman–Crippen LogP) is 3.94. The number of hydrogen-bond donors (Lipinski definition) is 1. The van der Waals surface area contributed by atoms with Crippen LogP contribution in [-0.4, -0.2) is 27.4 Å². The van der Waals surface area contributed by atoms with E-state index in [0.717, 1.165) is 5.75 Å². The Morgan fingerprint density at radius 2 is 1.53 bits per heavy atom. The molecule has 0 unspecified atom stereocenters. The minimum Gasteiger partial charge on any atom is -0.491 e. The summed E-state index contributed by atoms with van der Waals surface area (Å²) in [5.74, 6) is 2.61. The van der Waals surface area contributed by atoms with Gasteiger partial charge in [0.25, 0.3) is 5.56 Å². The van der Waals surface area contributed by atoms with Crippen LogP contribution in [0.15, 0.2) is 83.7 Å². The van der Waals surface area contributed by atoms with Gasteiger partial charge in [-0.3, -0.25) is 9.36 Å². The van der Waals surface area contributed by atoms with E-state index in [4.69, 9.17) is 9.47 Å².